The fourth-order valence-electron chi connectivity index (χ4n) is 2.81. The molecular formula is C23H21F2N3O2. The molecule has 0 saturated carbocycles. The molecule has 2 amide bonds. The first kappa shape index (κ1) is 21.0. The summed E-state index contributed by atoms with van der Waals surface area (Å²) < 4.78 is 26.5. The van der Waals surface area contributed by atoms with Crippen LogP contribution in [0, 0.1) is 18.6 Å². The molecule has 0 heterocycles. The van der Waals surface area contributed by atoms with E-state index in [1.54, 1.807) is 24.3 Å². The van der Waals surface area contributed by atoms with Gasteiger partial charge in [-0.25, -0.2) is 8.78 Å². The van der Waals surface area contributed by atoms with Gasteiger partial charge in [-0.15, -0.1) is 0 Å². The largest absolute Gasteiger partial charge is 0.376 e. The van der Waals surface area contributed by atoms with Crippen LogP contribution in [0.25, 0.3) is 0 Å². The van der Waals surface area contributed by atoms with E-state index in [1.807, 2.05) is 31.2 Å². The predicted molar refractivity (Wildman–Crippen MR) is 112 cm³/mol. The van der Waals surface area contributed by atoms with Crippen LogP contribution in [0.2, 0.25) is 0 Å². The maximum absolute atomic E-state index is 13.2. The third kappa shape index (κ3) is 5.88. The zero-order valence-electron chi connectivity index (χ0n) is 16.3. The average Bonchev–Trinajstić information content (AvgIpc) is 2.71. The minimum Gasteiger partial charge on any atom is -0.376 e. The monoisotopic (exact) mass is 409 g/mol. The van der Waals surface area contributed by atoms with Gasteiger partial charge in [0.15, 0.2) is 0 Å². The summed E-state index contributed by atoms with van der Waals surface area (Å²) >= 11 is 0. The normalized spacial score (nSPS) is 10.4. The number of anilines is 2. The Morgan fingerprint density at radius 1 is 0.900 bits per heavy atom. The fraction of sp³-hybridized carbons (Fsp3) is 0.130. The molecule has 3 aromatic rings. The van der Waals surface area contributed by atoms with Crippen LogP contribution < -0.4 is 16.0 Å². The van der Waals surface area contributed by atoms with E-state index in [4.69, 9.17) is 0 Å². The van der Waals surface area contributed by atoms with Gasteiger partial charge in [0.05, 0.1) is 17.8 Å². The summed E-state index contributed by atoms with van der Waals surface area (Å²) in [6.07, 6.45) is 0. The molecular weight excluding hydrogens is 388 g/mol. The highest BCUT2D eigenvalue weighted by atomic mass is 19.1. The van der Waals surface area contributed by atoms with Crippen LogP contribution in [0.15, 0.2) is 66.7 Å². The Hall–Kier alpha value is -3.74. The molecule has 0 radical (unpaired) electrons. The van der Waals surface area contributed by atoms with Crippen molar-refractivity contribution in [1.29, 1.82) is 0 Å². The molecule has 3 N–H and O–H groups in total. The highest BCUT2D eigenvalue weighted by Gasteiger charge is 2.13. The first-order valence-corrected chi connectivity index (χ1v) is 9.33. The molecule has 0 saturated heterocycles. The van der Waals surface area contributed by atoms with Gasteiger partial charge in [-0.05, 0) is 36.8 Å². The Morgan fingerprint density at radius 2 is 1.57 bits per heavy atom. The fourth-order valence-corrected chi connectivity index (χ4v) is 2.81. The second-order valence-corrected chi connectivity index (χ2v) is 6.77. The molecule has 5 nitrogen and oxygen atoms in total. The number of hydrogen-bond donors (Lipinski definition) is 3. The first-order valence-electron chi connectivity index (χ1n) is 9.33. The molecule has 0 aliphatic carbocycles. The van der Waals surface area contributed by atoms with E-state index in [9.17, 15) is 18.4 Å². The van der Waals surface area contributed by atoms with Crippen molar-refractivity contribution >= 4 is 23.2 Å². The van der Waals surface area contributed by atoms with E-state index in [1.165, 1.54) is 0 Å². The molecule has 30 heavy (non-hydrogen) atoms. The second kappa shape index (κ2) is 9.65. The zero-order valence-corrected chi connectivity index (χ0v) is 16.3. The first-order chi connectivity index (χ1) is 14.4. The number of carbonyl (C=O) groups is 2. The minimum absolute atomic E-state index is 0.145. The summed E-state index contributed by atoms with van der Waals surface area (Å²) in [6, 6.07) is 17.3. The van der Waals surface area contributed by atoms with Crippen LogP contribution in [0.5, 0.6) is 0 Å². The molecule has 7 heteroatoms. The highest BCUT2D eigenvalue weighted by Crippen LogP contribution is 2.16. The van der Waals surface area contributed by atoms with E-state index < -0.39 is 17.5 Å². The van der Waals surface area contributed by atoms with Gasteiger partial charge in [0.25, 0.3) is 5.91 Å². The summed E-state index contributed by atoms with van der Waals surface area (Å²) in [5.74, 6) is -2.27. The molecule has 0 bridgehead atoms. The lowest BCUT2D eigenvalue weighted by Gasteiger charge is -2.12. The van der Waals surface area contributed by atoms with Crippen LogP contribution in [0.4, 0.5) is 20.2 Å². The summed E-state index contributed by atoms with van der Waals surface area (Å²) in [7, 11) is 0. The van der Waals surface area contributed by atoms with Crippen molar-refractivity contribution in [2.75, 3.05) is 17.2 Å². The van der Waals surface area contributed by atoms with Crippen LogP contribution in [0.3, 0.4) is 0 Å². The van der Waals surface area contributed by atoms with Crippen molar-refractivity contribution in [3.63, 3.8) is 0 Å². The molecule has 0 aromatic heterocycles. The average molecular weight is 409 g/mol. The smallest absolute Gasteiger partial charge is 0.253 e. The lowest BCUT2D eigenvalue weighted by atomic mass is 10.1. The molecule has 0 fully saturated rings. The number of amides is 2. The van der Waals surface area contributed by atoms with E-state index in [0.717, 1.165) is 29.3 Å². The van der Waals surface area contributed by atoms with E-state index in [0.29, 0.717) is 17.8 Å². The van der Waals surface area contributed by atoms with Crippen molar-refractivity contribution in [2.24, 2.45) is 0 Å². The number of halogens is 2. The second-order valence-electron chi connectivity index (χ2n) is 6.77. The molecule has 0 spiro atoms. The van der Waals surface area contributed by atoms with Crippen molar-refractivity contribution in [1.82, 2.24) is 5.32 Å². The van der Waals surface area contributed by atoms with Gasteiger partial charge in [0.1, 0.15) is 11.6 Å². The molecule has 0 aliphatic rings. The van der Waals surface area contributed by atoms with Gasteiger partial charge in [-0.2, -0.15) is 0 Å². The van der Waals surface area contributed by atoms with Gasteiger partial charge in [0, 0.05) is 18.3 Å². The lowest BCUT2D eigenvalue weighted by Crippen LogP contribution is -2.26. The molecule has 0 unspecified atom stereocenters. The Balaban J connectivity index is 1.60. The van der Waals surface area contributed by atoms with Gasteiger partial charge < -0.3 is 16.0 Å². The standard InChI is InChI=1S/C23H21F2N3O2/c1-15-6-8-16(9-7-15)13-27-23(30)20-4-2-3-5-21(20)28-22(29)14-26-19-11-17(24)10-18(25)12-19/h2-12,26H,13-14H2,1H3,(H,27,30)(H,28,29). The van der Waals surface area contributed by atoms with Crippen LogP contribution in [-0.4, -0.2) is 18.4 Å². The maximum atomic E-state index is 13.2. The summed E-state index contributed by atoms with van der Waals surface area (Å²) in [5.41, 5.74) is 2.90. The zero-order chi connectivity index (χ0) is 21.5. The number of benzene rings is 3. The predicted octanol–water partition coefficient (Wildman–Crippen LogP) is 4.25. The van der Waals surface area contributed by atoms with Crippen molar-refractivity contribution in [3.05, 3.63) is 95.1 Å². The van der Waals surface area contributed by atoms with E-state index >= 15 is 0 Å². The number of rotatable bonds is 7. The quantitative estimate of drug-likeness (QED) is 0.546. The van der Waals surface area contributed by atoms with E-state index in [2.05, 4.69) is 16.0 Å². The number of hydrogen-bond acceptors (Lipinski definition) is 3. The lowest BCUT2D eigenvalue weighted by molar-refractivity contribution is -0.114. The number of aryl methyl sites for hydroxylation is 1. The third-order valence-electron chi connectivity index (χ3n) is 4.34. The summed E-state index contributed by atoms with van der Waals surface area (Å²) in [6.45, 7) is 2.12. The SMILES string of the molecule is Cc1ccc(CNC(=O)c2ccccc2NC(=O)CNc2cc(F)cc(F)c2)cc1. The summed E-state index contributed by atoms with van der Waals surface area (Å²) in [5, 5.41) is 8.13. The van der Waals surface area contributed by atoms with Gasteiger partial charge >= 0.3 is 0 Å². The van der Waals surface area contributed by atoms with Crippen molar-refractivity contribution in [2.45, 2.75) is 13.5 Å². The Kier molecular flexibility index (Phi) is 6.75. The van der Waals surface area contributed by atoms with Gasteiger partial charge in [-0.3, -0.25) is 9.59 Å². The van der Waals surface area contributed by atoms with Gasteiger partial charge in [-0.1, -0.05) is 42.0 Å². The van der Waals surface area contributed by atoms with E-state index in [-0.39, 0.29) is 18.1 Å². The van der Waals surface area contributed by atoms with Crippen LogP contribution >= 0.6 is 0 Å². The summed E-state index contributed by atoms with van der Waals surface area (Å²) in [4.78, 5) is 24.8. The van der Waals surface area contributed by atoms with Crippen molar-refractivity contribution in [3.8, 4) is 0 Å². The van der Waals surface area contributed by atoms with Gasteiger partial charge in [0.2, 0.25) is 5.91 Å². The van der Waals surface area contributed by atoms with Crippen LogP contribution in [0.1, 0.15) is 21.5 Å². The number of carbonyl (C=O) groups excluding carboxylic acids is 2. The number of nitrogens with one attached hydrogen (secondary N) is 3. The minimum atomic E-state index is -0.742. The molecule has 0 aliphatic heterocycles. The molecule has 3 aromatic carbocycles. The molecule has 154 valence electrons. The topological polar surface area (TPSA) is 70.2 Å². The Morgan fingerprint density at radius 3 is 2.27 bits per heavy atom. The number of para-hydroxylation sites is 1. The van der Waals surface area contributed by atoms with Crippen LogP contribution in [-0.2, 0) is 11.3 Å². The maximum Gasteiger partial charge on any atom is 0.253 e. The molecule has 3 rings (SSSR count). The third-order valence-corrected chi connectivity index (χ3v) is 4.34. The Labute approximate surface area is 173 Å². The highest BCUT2D eigenvalue weighted by molar-refractivity contribution is 6.04. The van der Waals surface area contributed by atoms with Crippen molar-refractivity contribution < 1.29 is 18.4 Å². The Bertz CT molecular complexity index is 1030. The molecule has 0 atom stereocenters.